The first kappa shape index (κ1) is 16.7. The number of nitrogens with zero attached hydrogens (tertiary/aromatic N) is 1. The minimum atomic E-state index is -0.178. The highest BCUT2D eigenvalue weighted by molar-refractivity contribution is 7.14. The van der Waals surface area contributed by atoms with Gasteiger partial charge in [0.05, 0.1) is 5.56 Å². The van der Waals surface area contributed by atoms with Gasteiger partial charge in [0.25, 0.3) is 11.8 Å². The van der Waals surface area contributed by atoms with Crippen LogP contribution in [0.3, 0.4) is 0 Å². The fourth-order valence-electron chi connectivity index (χ4n) is 2.86. The molecule has 2 aromatic rings. The van der Waals surface area contributed by atoms with Crippen molar-refractivity contribution in [2.24, 2.45) is 0 Å². The molecular formula is C19H22N2O2S. The summed E-state index contributed by atoms with van der Waals surface area (Å²) in [6.07, 6.45) is 2.11. The maximum Gasteiger partial charge on any atom is 0.256 e. The molecule has 1 saturated heterocycles. The molecule has 24 heavy (non-hydrogen) atoms. The van der Waals surface area contributed by atoms with Crippen LogP contribution < -0.4 is 5.32 Å². The van der Waals surface area contributed by atoms with E-state index in [9.17, 15) is 9.59 Å². The molecule has 0 aliphatic carbocycles. The van der Waals surface area contributed by atoms with Crippen molar-refractivity contribution in [3.63, 3.8) is 0 Å². The van der Waals surface area contributed by atoms with E-state index in [1.165, 1.54) is 16.9 Å². The Hall–Kier alpha value is -2.14. The number of thiophene rings is 1. The molecule has 1 aromatic carbocycles. The Labute approximate surface area is 146 Å². The van der Waals surface area contributed by atoms with E-state index >= 15 is 0 Å². The number of anilines is 1. The molecule has 2 amide bonds. The van der Waals surface area contributed by atoms with Gasteiger partial charge in [-0.1, -0.05) is 26.0 Å². The van der Waals surface area contributed by atoms with Gasteiger partial charge in [0.1, 0.15) is 5.00 Å². The van der Waals surface area contributed by atoms with Crippen LogP contribution in [0.2, 0.25) is 0 Å². The quantitative estimate of drug-likeness (QED) is 0.897. The van der Waals surface area contributed by atoms with Crippen LogP contribution in [0.1, 0.15) is 58.9 Å². The molecule has 4 nitrogen and oxygen atoms in total. The highest BCUT2D eigenvalue weighted by Crippen LogP contribution is 2.27. The van der Waals surface area contributed by atoms with Crippen LogP contribution >= 0.6 is 11.3 Å². The highest BCUT2D eigenvalue weighted by Gasteiger charge is 2.23. The lowest BCUT2D eigenvalue weighted by molar-refractivity contribution is 0.0794. The molecule has 1 aromatic heterocycles. The van der Waals surface area contributed by atoms with Gasteiger partial charge in [-0.25, -0.2) is 0 Å². The fraction of sp³-hybridized carbons (Fsp3) is 0.368. The van der Waals surface area contributed by atoms with Gasteiger partial charge >= 0.3 is 0 Å². The SMILES string of the molecule is CC(C)c1ccc(C(=O)Nc2sccc2C(=O)N2CCCC2)cc1. The third-order valence-corrected chi connectivity index (χ3v) is 5.19. The number of carbonyl (C=O) groups excluding carboxylic acids is 2. The van der Waals surface area contributed by atoms with Crippen molar-refractivity contribution in [2.45, 2.75) is 32.6 Å². The molecule has 0 bridgehead atoms. The van der Waals surface area contributed by atoms with Crippen LogP contribution in [0.15, 0.2) is 35.7 Å². The second-order valence-electron chi connectivity index (χ2n) is 6.39. The number of benzene rings is 1. The second-order valence-corrected chi connectivity index (χ2v) is 7.31. The van der Waals surface area contributed by atoms with Crippen molar-refractivity contribution >= 4 is 28.2 Å². The van der Waals surface area contributed by atoms with Gasteiger partial charge in [-0.2, -0.15) is 0 Å². The van der Waals surface area contributed by atoms with Crippen molar-refractivity contribution in [1.82, 2.24) is 4.90 Å². The highest BCUT2D eigenvalue weighted by atomic mass is 32.1. The number of nitrogens with one attached hydrogen (secondary N) is 1. The Morgan fingerprint density at radius 3 is 2.38 bits per heavy atom. The van der Waals surface area contributed by atoms with Gasteiger partial charge in [-0.05, 0) is 47.9 Å². The van der Waals surface area contributed by atoms with E-state index in [0.29, 0.717) is 22.0 Å². The molecule has 2 heterocycles. The van der Waals surface area contributed by atoms with Crippen molar-refractivity contribution in [3.05, 3.63) is 52.4 Å². The molecule has 0 unspecified atom stereocenters. The summed E-state index contributed by atoms with van der Waals surface area (Å²) in [6, 6.07) is 9.41. The van der Waals surface area contributed by atoms with Crippen molar-refractivity contribution in [2.75, 3.05) is 18.4 Å². The summed E-state index contributed by atoms with van der Waals surface area (Å²) in [5.41, 5.74) is 2.40. The van der Waals surface area contributed by atoms with E-state index in [2.05, 4.69) is 19.2 Å². The fourth-order valence-corrected chi connectivity index (χ4v) is 3.63. The number of carbonyl (C=O) groups is 2. The molecule has 0 spiro atoms. The predicted molar refractivity (Wildman–Crippen MR) is 97.9 cm³/mol. The first-order chi connectivity index (χ1) is 11.6. The van der Waals surface area contributed by atoms with Crippen LogP contribution in [0.5, 0.6) is 0 Å². The molecule has 1 fully saturated rings. The number of hydrogen-bond acceptors (Lipinski definition) is 3. The third-order valence-electron chi connectivity index (χ3n) is 4.36. The zero-order valence-electron chi connectivity index (χ0n) is 14.0. The van der Waals surface area contributed by atoms with Gasteiger partial charge in [-0.15, -0.1) is 11.3 Å². The zero-order valence-corrected chi connectivity index (χ0v) is 14.9. The third kappa shape index (κ3) is 3.51. The molecule has 1 N–H and O–H groups in total. The monoisotopic (exact) mass is 342 g/mol. The normalized spacial score (nSPS) is 14.2. The minimum absolute atomic E-state index is 0.0132. The van der Waals surface area contributed by atoms with E-state index in [1.807, 2.05) is 34.5 Å². The summed E-state index contributed by atoms with van der Waals surface area (Å²) in [7, 11) is 0. The molecule has 5 heteroatoms. The standard InChI is InChI=1S/C19H22N2O2S/c1-13(2)14-5-7-15(8-6-14)17(22)20-18-16(9-12-24-18)19(23)21-10-3-4-11-21/h5-9,12-13H,3-4,10-11H2,1-2H3,(H,20,22). The molecule has 0 atom stereocenters. The number of amides is 2. The topological polar surface area (TPSA) is 49.4 Å². The largest absolute Gasteiger partial charge is 0.339 e. The van der Waals surface area contributed by atoms with Crippen LogP contribution in [0.4, 0.5) is 5.00 Å². The van der Waals surface area contributed by atoms with Gasteiger partial charge in [0.15, 0.2) is 0 Å². The van der Waals surface area contributed by atoms with E-state index in [4.69, 9.17) is 0 Å². The molecule has 1 aliphatic rings. The van der Waals surface area contributed by atoms with Crippen molar-refractivity contribution < 1.29 is 9.59 Å². The predicted octanol–water partition coefficient (Wildman–Crippen LogP) is 4.36. The Morgan fingerprint density at radius 1 is 1.08 bits per heavy atom. The number of hydrogen-bond donors (Lipinski definition) is 1. The van der Waals surface area contributed by atoms with Crippen LogP contribution in [-0.4, -0.2) is 29.8 Å². The Balaban J connectivity index is 1.73. The van der Waals surface area contributed by atoms with Crippen LogP contribution in [0, 0.1) is 0 Å². The number of likely N-dealkylation sites (tertiary alicyclic amines) is 1. The first-order valence-electron chi connectivity index (χ1n) is 8.34. The summed E-state index contributed by atoms with van der Waals surface area (Å²) in [4.78, 5) is 26.9. The first-order valence-corrected chi connectivity index (χ1v) is 9.22. The Morgan fingerprint density at radius 2 is 1.75 bits per heavy atom. The average Bonchev–Trinajstić information content (AvgIpc) is 3.26. The van der Waals surface area contributed by atoms with Crippen LogP contribution in [0.25, 0.3) is 0 Å². The average molecular weight is 342 g/mol. The number of rotatable bonds is 4. The molecule has 0 radical (unpaired) electrons. The zero-order chi connectivity index (χ0) is 17.1. The lowest BCUT2D eigenvalue weighted by Gasteiger charge is -2.15. The van der Waals surface area contributed by atoms with Gasteiger partial charge in [-0.3, -0.25) is 9.59 Å². The maximum atomic E-state index is 12.5. The molecule has 126 valence electrons. The summed E-state index contributed by atoms with van der Waals surface area (Å²) < 4.78 is 0. The summed E-state index contributed by atoms with van der Waals surface area (Å²) in [6.45, 7) is 5.85. The molecule has 1 aliphatic heterocycles. The summed E-state index contributed by atoms with van der Waals surface area (Å²) >= 11 is 1.39. The Bertz CT molecular complexity index is 728. The Kier molecular flexibility index (Phi) is 5.00. The summed E-state index contributed by atoms with van der Waals surface area (Å²) in [5.74, 6) is 0.270. The molecule has 3 rings (SSSR count). The van der Waals surface area contributed by atoms with E-state index < -0.39 is 0 Å². The minimum Gasteiger partial charge on any atom is -0.339 e. The van der Waals surface area contributed by atoms with Crippen molar-refractivity contribution in [3.8, 4) is 0 Å². The lowest BCUT2D eigenvalue weighted by Crippen LogP contribution is -2.28. The molecular weight excluding hydrogens is 320 g/mol. The smallest absolute Gasteiger partial charge is 0.256 e. The molecule has 0 saturated carbocycles. The lowest BCUT2D eigenvalue weighted by atomic mass is 10.0. The maximum absolute atomic E-state index is 12.5. The van der Waals surface area contributed by atoms with E-state index in [1.54, 1.807) is 6.07 Å². The summed E-state index contributed by atoms with van der Waals surface area (Å²) in [5, 5.41) is 5.37. The van der Waals surface area contributed by atoms with Gasteiger partial charge < -0.3 is 10.2 Å². The van der Waals surface area contributed by atoms with Gasteiger partial charge in [0, 0.05) is 18.7 Å². The van der Waals surface area contributed by atoms with E-state index in [-0.39, 0.29) is 11.8 Å². The van der Waals surface area contributed by atoms with Gasteiger partial charge in [0.2, 0.25) is 0 Å². The second kappa shape index (κ2) is 7.18. The van der Waals surface area contributed by atoms with Crippen molar-refractivity contribution in [1.29, 1.82) is 0 Å². The van der Waals surface area contributed by atoms with Crippen LogP contribution in [-0.2, 0) is 0 Å². The van der Waals surface area contributed by atoms with E-state index in [0.717, 1.165) is 25.9 Å².